The molecule has 0 saturated heterocycles. The fraction of sp³-hybridized carbons (Fsp3) is 0.200. The molecule has 1 nitrogen and oxygen atoms in total. The SMILES string of the molecule is NCCC#Cc1ccc(Cl)cc1F. The number of hydrogen-bond acceptors (Lipinski definition) is 1. The van der Waals surface area contributed by atoms with E-state index in [2.05, 4.69) is 11.8 Å². The zero-order valence-electron chi connectivity index (χ0n) is 6.98. The summed E-state index contributed by atoms with van der Waals surface area (Å²) in [6.07, 6.45) is 0.571. The third-order valence-electron chi connectivity index (χ3n) is 1.42. The average Bonchev–Trinajstić information content (AvgIpc) is 2.09. The van der Waals surface area contributed by atoms with Crippen LogP contribution >= 0.6 is 11.6 Å². The first-order chi connectivity index (χ1) is 6.24. The zero-order valence-corrected chi connectivity index (χ0v) is 7.74. The second-order valence-corrected chi connectivity index (χ2v) is 2.90. The Morgan fingerprint density at radius 2 is 2.23 bits per heavy atom. The summed E-state index contributed by atoms with van der Waals surface area (Å²) >= 11 is 5.57. The third kappa shape index (κ3) is 3.06. The summed E-state index contributed by atoms with van der Waals surface area (Å²) in [6, 6.07) is 4.41. The minimum Gasteiger partial charge on any atom is -0.330 e. The molecule has 1 aromatic carbocycles. The van der Waals surface area contributed by atoms with E-state index in [0.717, 1.165) is 0 Å². The molecule has 0 radical (unpaired) electrons. The second-order valence-electron chi connectivity index (χ2n) is 2.46. The molecule has 2 N–H and O–H groups in total. The van der Waals surface area contributed by atoms with E-state index >= 15 is 0 Å². The highest BCUT2D eigenvalue weighted by atomic mass is 35.5. The quantitative estimate of drug-likeness (QED) is 0.687. The van der Waals surface area contributed by atoms with E-state index in [0.29, 0.717) is 23.6 Å². The summed E-state index contributed by atoms with van der Waals surface area (Å²) in [5.41, 5.74) is 5.60. The molecule has 0 unspecified atom stereocenters. The fourth-order valence-electron chi connectivity index (χ4n) is 0.821. The lowest BCUT2D eigenvalue weighted by molar-refractivity contribution is 0.624. The number of halogens is 2. The van der Waals surface area contributed by atoms with Crippen LogP contribution < -0.4 is 5.73 Å². The molecule has 0 saturated carbocycles. The van der Waals surface area contributed by atoms with Gasteiger partial charge in [0.2, 0.25) is 0 Å². The van der Waals surface area contributed by atoms with Crippen LogP contribution in [0.4, 0.5) is 4.39 Å². The van der Waals surface area contributed by atoms with Crippen molar-refractivity contribution in [2.75, 3.05) is 6.54 Å². The lowest BCUT2D eigenvalue weighted by Gasteiger charge is -1.93. The van der Waals surface area contributed by atoms with Crippen molar-refractivity contribution in [1.29, 1.82) is 0 Å². The lowest BCUT2D eigenvalue weighted by atomic mass is 10.2. The molecule has 13 heavy (non-hydrogen) atoms. The topological polar surface area (TPSA) is 26.0 Å². The normalized spacial score (nSPS) is 9.15. The third-order valence-corrected chi connectivity index (χ3v) is 1.66. The van der Waals surface area contributed by atoms with Crippen molar-refractivity contribution in [2.45, 2.75) is 6.42 Å². The first kappa shape index (κ1) is 10.0. The largest absolute Gasteiger partial charge is 0.330 e. The number of hydrogen-bond donors (Lipinski definition) is 1. The molecule has 0 spiro atoms. The molecule has 0 bridgehead atoms. The minimum absolute atomic E-state index is 0.359. The molecule has 0 aliphatic heterocycles. The van der Waals surface area contributed by atoms with Crippen LogP contribution in [0.5, 0.6) is 0 Å². The van der Waals surface area contributed by atoms with Gasteiger partial charge < -0.3 is 5.73 Å². The molecule has 3 heteroatoms. The summed E-state index contributed by atoms with van der Waals surface area (Å²) in [4.78, 5) is 0. The minimum atomic E-state index is -0.392. The predicted molar refractivity (Wildman–Crippen MR) is 52.0 cm³/mol. The van der Waals surface area contributed by atoms with Crippen molar-refractivity contribution in [3.63, 3.8) is 0 Å². The van der Waals surface area contributed by atoms with Gasteiger partial charge in [0.25, 0.3) is 0 Å². The molecule has 1 aromatic rings. The van der Waals surface area contributed by atoms with Gasteiger partial charge >= 0.3 is 0 Å². The van der Waals surface area contributed by atoms with Crippen molar-refractivity contribution < 1.29 is 4.39 Å². The van der Waals surface area contributed by atoms with Crippen LogP contribution in [0.2, 0.25) is 5.02 Å². The van der Waals surface area contributed by atoms with Crippen LogP contribution in [0.25, 0.3) is 0 Å². The van der Waals surface area contributed by atoms with Gasteiger partial charge in [-0.25, -0.2) is 4.39 Å². The Bertz CT molecular complexity index is 352. The zero-order chi connectivity index (χ0) is 9.68. The van der Waals surface area contributed by atoms with E-state index in [1.165, 1.54) is 6.07 Å². The molecule has 0 aromatic heterocycles. The van der Waals surface area contributed by atoms with Gasteiger partial charge in [-0.05, 0) is 18.2 Å². The van der Waals surface area contributed by atoms with Gasteiger partial charge in [0.05, 0.1) is 5.56 Å². The van der Waals surface area contributed by atoms with E-state index in [9.17, 15) is 4.39 Å². The summed E-state index contributed by atoms with van der Waals surface area (Å²) < 4.78 is 13.1. The second kappa shape index (κ2) is 4.86. The van der Waals surface area contributed by atoms with E-state index in [4.69, 9.17) is 17.3 Å². The van der Waals surface area contributed by atoms with Crippen molar-refractivity contribution in [3.05, 3.63) is 34.6 Å². The highest BCUT2D eigenvalue weighted by molar-refractivity contribution is 6.30. The van der Waals surface area contributed by atoms with Crippen LogP contribution in [-0.4, -0.2) is 6.54 Å². The van der Waals surface area contributed by atoms with Gasteiger partial charge in [0.15, 0.2) is 0 Å². The van der Waals surface area contributed by atoms with Crippen molar-refractivity contribution in [3.8, 4) is 11.8 Å². The first-order valence-electron chi connectivity index (χ1n) is 3.88. The molecular formula is C10H9ClFN. The van der Waals surface area contributed by atoms with E-state index < -0.39 is 5.82 Å². The van der Waals surface area contributed by atoms with Crippen molar-refractivity contribution >= 4 is 11.6 Å². The van der Waals surface area contributed by atoms with Crippen LogP contribution in [-0.2, 0) is 0 Å². The summed E-state index contributed by atoms with van der Waals surface area (Å²) in [7, 11) is 0. The fourth-order valence-corrected chi connectivity index (χ4v) is 0.980. The van der Waals surface area contributed by atoms with E-state index in [-0.39, 0.29) is 0 Å². The highest BCUT2D eigenvalue weighted by Gasteiger charge is 1.98. The predicted octanol–water partition coefficient (Wildman–Crippen LogP) is 2.18. The van der Waals surface area contributed by atoms with Gasteiger partial charge in [-0.3, -0.25) is 0 Å². The maximum atomic E-state index is 13.1. The maximum Gasteiger partial charge on any atom is 0.140 e. The number of benzene rings is 1. The van der Waals surface area contributed by atoms with Gasteiger partial charge in [-0.15, -0.1) is 0 Å². The van der Waals surface area contributed by atoms with Gasteiger partial charge in [-0.2, -0.15) is 0 Å². The molecule has 0 fully saturated rings. The van der Waals surface area contributed by atoms with Crippen LogP contribution in [0.15, 0.2) is 18.2 Å². The van der Waals surface area contributed by atoms with Crippen molar-refractivity contribution in [1.82, 2.24) is 0 Å². The molecule has 0 heterocycles. The Hall–Kier alpha value is -1.04. The number of rotatable bonds is 1. The average molecular weight is 198 g/mol. The molecule has 68 valence electrons. The smallest absolute Gasteiger partial charge is 0.140 e. The van der Waals surface area contributed by atoms with Crippen LogP contribution in [0, 0.1) is 17.7 Å². The molecular weight excluding hydrogens is 189 g/mol. The Morgan fingerprint density at radius 1 is 1.46 bits per heavy atom. The Balaban J connectivity index is 2.85. The summed E-state index contributed by atoms with van der Waals surface area (Å²) in [5, 5.41) is 0.377. The molecule has 0 aliphatic rings. The van der Waals surface area contributed by atoms with E-state index in [1.54, 1.807) is 12.1 Å². The standard InChI is InChI=1S/C10H9ClFN/c11-9-5-4-8(10(12)7-9)3-1-2-6-13/h4-5,7H,2,6,13H2. The van der Waals surface area contributed by atoms with E-state index in [1.807, 2.05) is 0 Å². The Labute approximate surface area is 81.7 Å². The van der Waals surface area contributed by atoms with Gasteiger partial charge in [-0.1, -0.05) is 23.4 Å². The number of nitrogens with two attached hydrogens (primary N) is 1. The Morgan fingerprint density at radius 3 is 2.85 bits per heavy atom. The molecule has 0 atom stereocenters. The summed E-state index contributed by atoms with van der Waals surface area (Å²) in [5.74, 6) is 5.04. The van der Waals surface area contributed by atoms with Crippen molar-refractivity contribution in [2.24, 2.45) is 5.73 Å². The molecule has 1 rings (SSSR count). The lowest BCUT2D eigenvalue weighted by Crippen LogP contribution is -1.95. The molecule has 0 aliphatic carbocycles. The maximum absolute atomic E-state index is 13.1. The monoisotopic (exact) mass is 197 g/mol. The van der Waals surface area contributed by atoms with Crippen LogP contribution in [0.1, 0.15) is 12.0 Å². The molecule has 0 amide bonds. The van der Waals surface area contributed by atoms with Gasteiger partial charge in [0.1, 0.15) is 5.82 Å². The Kier molecular flexibility index (Phi) is 3.75. The van der Waals surface area contributed by atoms with Crippen LogP contribution in [0.3, 0.4) is 0 Å². The van der Waals surface area contributed by atoms with Gasteiger partial charge in [0, 0.05) is 18.0 Å². The summed E-state index contributed by atoms with van der Waals surface area (Å²) in [6.45, 7) is 0.488. The first-order valence-corrected chi connectivity index (χ1v) is 4.26. The highest BCUT2D eigenvalue weighted by Crippen LogP contribution is 2.13.